The van der Waals surface area contributed by atoms with E-state index in [1.165, 1.54) is 12.8 Å². The summed E-state index contributed by atoms with van der Waals surface area (Å²) in [5.74, 6) is -2.64. The van der Waals surface area contributed by atoms with Crippen molar-refractivity contribution >= 4 is 0 Å². The molecule has 18 heavy (non-hydrogen) atoms. The van der Waals surface area contributed by atoms with Crippen molar-refractivity contribution in [2.75, 3.05) is 39.6 Å². The van der Waals surface area contributed by atoms with Crippen molar-refractivity contribution < 1.29 is 23.4 Å². The first kappa shape index (κ1) is 14.1. The molecule has 0 amide bonds. The molecule has 3 rings (SSSR count). The smallest absolute Gasteiger partial charge is 0.262 e. The predicted octanol–water partition coefficient (Wildman–Crippen LogP) is 0.884. The van der Waals surface area contributed by atoms with E-state index < -0.39 is 5.92 Å². The minimum atomic E-state index is -2.64. The Morgan fingerprint density at radius 1 is 1.17 bits per heavy atom. The number of aliphatic hydroxyl groups is 1. The van der Waals surface area contributed by atoms with Crippen molar-refractivity contribution in [1.29, 1.82) is 0 Å². The highest BCUT2D eigenvalue weighted by Crippen LogP contribution is 2.34. The molecule has 0 aromatic carbocycles. The first-order valence-electron chi connectivity index (χ1n) is 6.52. The van der Waals surface area contributed by atoms with Gasteiger partial charge in [0.1, 0.15) is 0 Å². The minimum absolute atomic E-state index is 0.0884. The van der Waals surface area contributed by atoms with Crippen LogP contribution in [0.3, 0.4) is 0 Å². The van der Waals surface area contributed by atoms with E-state index in [1.807, 2.05) is 0 Å². The molecule has 3 heterocycles. The van der Waals surface area contributed by atoms with Gasteiger partial charge in [0, 0.05) is 25.7 Å². The fourth-order valence-corrected chi connectivity index (χ4v) is 2.44. The summed E-state index contributed by atoms with van der Waals surface area (Å²) < 4.78 is 35.8. The van der Waals surface area contributed by atoms with E-state index in [-0.39, 0.29) is 31.7 Å². The lowest BCUT2D eigenvalue weighted by Crippen LogP contribution is -2.52. The van der Waals surface area contributed by atoms with Gasteiger partial charge in [-0.3, -0.25) is 4.90 Å². The number of alkyl halides is 2. The highest BCUT2D eigenvalue weighted by Gasteiger charge is 2.48. The molecule has 0 spiro atoms. The van der Waals surface area contributed by atoms with Gasteiger partial charge in [-0.15, -0.1) is 0 Å². The summed E-state index contributed by atoms with van der Waals surface area (Å²) in [5.41, 5.74) is 0. The quantitative estimate of drug-likeness (QED) is 0.805. The molecule has 3 aliphatic heterocycles. The summed E-state index contributed by atoms with van der Waals surface area (Å²) in [6, 6.07) is -0.297. The van der Waals surface area contributed by atoms with Crippen molar-refractivity contribution in [1.82, 2.24) is 4.90 Å². The lowest BCUT2D eigenvalue weighted by atomic mass is 10.1. The molecule has 0 radical (unpaired) electrons. The van der Waals surface area contributed by atoms with Crippen molar-refractivity contribution in [2.45, 2.75) is 37.3 Å². The maximum Gasteiger partial charge on any atom is 0.262 e. The summed E-state index contributed by atoms with van der Waals surface area (Å²) >= 11 is 0. The maximum atomic E-state index is 13.0. The topological polar surface area (TPSA) is 41.9 Å². The molecular formula is C12H21F2NO3. The van der Waals surface area contributed by atoms with E-state index in [2.05, 4.69) is 0 Å². The maximum absolute atomic E-state index is 13.0. The second-order valence-corrected chi connectivity index (χ2v) is 5.08. The van der Waals surface area contributed by atoms with E-state index in [1.54, 1.807) is 4.90 Å². The molecule has 0 bridgehead atoms. The Bertz CT molecular complexity index is 250. The number of likely N-dealkylation sites (tertiary alicyclic amines) is 1. The number of hydrogen-bond acceptors (Lipinski definition) is 4. The Balaban J connectivity index is 0.000000202. The molecule has 0 aliphatic carbocycles. The van der Waals surface area contributed by atoms with Gasteiger partial charge >= 0.3 is 0 Å². The number of hydrogen-bond donors (Lipinski definition) is 1. The van der Waals surface area contributed by atoms with E-state index in [9.17, 15) is 8.78 Å². The summed E-state index contributed by atoms with van der Waals surface area (Å²) in [6.45, 7) is 2.62. The lowest BCUT2D eigenvalue weighted by Gasteiger charge is -2.37. The molecule has 6 heteroatoms. The average molecular weight is 265 g/mol. The molecule has 3 saturated heterocycles. The Labute approximate surface area is 106 Å². The van der Waals surface area contributed by atoms with Crippen LogP contribution in [0.25, 0.3) is 0 Å². The van der Waals surface area contributed by atoms with E-state index >= 15 is 0 Å². The van der Waals surface area contributed by atoms with Crippen molar-refractivity contribution in [3.63, 3.8) is 0 Å². The molecular weight excluding hydrogens is 244 g/mol. The van der Waals surface area contributed by atoms with Crippen LogP contribution < -0.4 is 0 Å². The molecule has 3 fully saturated rings. The monoisotopic (exact) mass is 265 g/mol. The third kappa shape index (κ3) is 3.60. The molecule has 1 N–H and O–H groups in total. The van der Waals surface area contributed by atoms with Gasteiger partial charge in [-0.1, -0.05) is 0 Å². The van der Waals surface area contributed by atoms with Crippen molar-refractivity contribution in [3.8, 4) is 0 Å². The second kappa shape index (κ2) is 6.23. The minimum Gasteiger partial charge on any atom is -0.395 e. The fourth-order valence-electron chi connectivity index (χ4n) is 2.44. The van der Waals surface area contributed by atoms with Gasteiger partial charge in [-0.2, -0.15) is 0 Å². The summed E-state index contributed by atoms with van der Waals surface area (Å²) in [4.78, 5) is 1.67. The Morgan fingerprint density at radius 2 is 1.83 bits per heavy atom. The van der Waals surface area contributed by atoms with Gasteiger partial charge in [0.25, 0.3) is 5.92 Å². The van der Waals surface area contributed by atoms with Crippen molar-refractivity contribution in [2.24, 2.45) is 0 Å². The van der Waals surface area contributed by atoms with Crippen LogP contribution in [0.4, 0.5) is 8.78 Å². The third-order valence-electron chi connectivity index (χ3n) is 3.54. The van der Waals surface area contributed by atoms with Crippen molar-refractivity contribution in [3.05, 3.63) is 0 Å². The summed E-state index contributed by atoms with van der Waals surface area (Å²) in [7, 11) is 0. The summed E-state index contributed by atoms with van der Waals surface area (Å²) in [6.07, 6.45) is 2.33. The Hall–Kier alpha value is -0.300. The van der Waals surface area contributed by atoms with Crippen LogP contribution in [0.1, 0.15) is 19.3 Å². The van der Waals surface area contributed by atoms with Crippen LogP contribution in [0.15, 0.2) is 0 Å². The standard InChI is InChI=1S/C8H13F2NO2.C4H8O/c9-8(10)1-6(2-12)11(5-8)7-3-13-4-7;1-2-4-5-3-1/h6-7,12H,1-5H2;1-4H2/t6-;/m0./s1. The number of ether oxygens (including phenoxy) is 2. The molecule has 0 saturated carbocycles. The third-order valence-corrected chi connectivity index (χ3v) is 3.54. The van der Waals surface area contributed by atoms with Crippen LogP contribution in [0, 0.1) is 0 Å². The van der Waals surface area contributed by atoms with Crippen LogP contribution in [-0.2, 0) is 9.47 Å². The molecule has 1 atom stereocenters. The number of nitrogens with zero attached hydrogens (tertiary/aromatic N) is 1. The Morgan fingerprint density at radius 3 is 2.22 bits per heavy atom. The van der Waals surface area contributed by atoms with E-state index in [0.29, 0.717) is 13.2 Å². The SMILES string of the molecule is C1CCOC1.OC[C@@H]1CC(F)(F)CN1C1COC1. The zero-order valence-electron chi connectivity index (χ0n) is 10.5. The predicted molar refractivity (Wildman–Crippen MR) is 61.8 cm³/mol. The fraction of sp³-hybridized carbons (Fsp3) is 1.00. The molecule has 0 unspecified atom stereocenters. The van der Waals surface area contributed by atoms with Crippen LogP contribution in [-0.4, -0.2) is 67.6 Å². The molecule has 3 aliphatic rings. The Kier molecular flexibility index (Phi) is 4.89. The normalized spacial score (nSPS) is 31.8. The number of halogens is 2. The largest absolute Gasteiger partial charge is 0.395 e. The van der Waals surface area contributed by atoms with Gasteiger partial charge in [0.15, 0.2) is 0 Å². The zero-order chi connectivity index (χ0) is 13.0. The van der Waals surface area contributed by atoms with Crippen LogP contribution in [0.2, 0.25) is 0 Å². The van der Waals surface area contributed by atoms with Crippen LogP contribution >= 0.6 is 0 Å². The van der Waals surface area contributed by atoms with E-state index in [0.717, 1.165) is 13.2 Å². The highest BCUT2D eigenvalue weighted by molar-refractivity contribution is 4.95. The van der Waals surface area contributed by atoms with Gasteiger partial charge in [-0.25, -0.2) is 8.78 Å². The second-order valence-electron chi connectivity index (χ2n) is 5.08. The number of aliphatic hydroxyl groups excluding tert-OH is 1. The molecule has 0 aromatic rings. The summed E-state index contributed by atoms with van der Waals surface area (Å²) in [5, 5.41) is 8.92. The number of rotatable bonds is 2. The van der Waals surface area contributed by atoms with Gasteiger partial charge in [-0.05, 0) is 12.8 Å². The average Bonchev–Trinajstić information content (AvgIpc) is 2.87. The first-order valence-corrected chi connectivity index (χ1v) is 6.52. The lowest BCUT2D eigenvalue weighted by molar-refractivity contribution is -0.0823. The first-order chi connectivity index (χ1) is 8.62. The molecule has 0 aromatic heterocycles. The van der Waals surface area contributed by atoms with Gasteiger partial charge < -0.3 is 14.6 Å². The highest BCUT2D eigenvalue weighted by atomic mass is 19.3. The zero-order valence-corrected chi connectivity index (χ0v) is 10.5. The van der Waals surface area contributed by atoms with Gasteiger partial charge in [0.05, 0.1) is 32.4 Å². The molecule has 4 nitrogen and oxygen atoms in total. The van der Waals surface area contributed by atoms with Gasteiger partial charge in [0.2, 0.25) is 0 Å². The van der Waals surface area contributed by atoms with E-state index in [4.69, 9.17) is 14.6 Å². The van der Waals surface area contributed by atoms with Crippen LogP contribution in [0.5, 0.6) is 0 Å². The molecule has 106 valence electrons.